The van der Waals surface area contributed by atoms with Crippen LogP contribution in [0.3, 0.4) is 0 Å². The van der Waals surface area contributed by atoms with E-state index in [2.05, 4.69) is 20.7 Å². The van der Waals surface area contributed by atoms with E-state index in [0.29, 0.717) is 6.61 Å². The van der Waals surface area contributed by atoms with Crippen molar-refractivity contribution in [3.05, 3.63) is 5.33 Å². The summed E-state index contributed by atoms with van der Waals surface area (Å²) in [5.74, 6) is -0.254. The molecule has 2 nitrogen and oxygen atoms in total. The van der Waals surface area contributed by atoms with Crippen molar-refractivity contribution in [3.63, 3.8) is 0 Å². The van der Waals surface area contributed by atoms with Gasteiger partial charge in [-0.15, -0.1) is 0 Å². The third kappa shape index (κ3) is 5.95. The van der Waals surface area contributed by atoms with Crippen LogP contribution in [-0.2, 0) is 9.53 Å². The van der Waals surface area contributed by atoms with Crippen LogP contribution in [0.5, 0.6) is 0 Å². The molecule has 7 heavy (non-hydrogen) atoms. The second kappa shape index (κ2) is 4.12. The van der Waals surface area contributed by atoms with Crippen molar-refractivity contribution in [3.8, 4) is 0 Å². The predicted molar refractivity (Wildman–Crippen MR) is 29.9 cm³/mol. The van der Waals surface area contributed by atoms with Crippen LogP contribution in [0.1, 0.15) is 6.92 Å². The van der Waals surface area contributed by atoms with E-state index in [0.717, 1.165) is 0 Å². The molecular formula is C4H6BrO2. The molecule has 0 spiro atoms. The van der Waals surface area contributed by atoms with Crippen LogP contribution in [0.25, 0.3) is 0 Å². The quantitative estimate of drug-likeness (QED) is 0.574. The Morgan fingerprint density at radius 1 is 2.00 bits per heavy atom. The third-order valence-corrected chi connectivity index (χ3v) is 0.614. The lowest BCUT2D eigenvalue weighted by Gasteiger charge is -1.92. The van der Waals surface area contributed by atoms with Gasteiger partial charge in [0.15, 0.2) is 0 Å². The topological polar surface area (TPSA) is 26.3 Å². The summed E-state index contributed by atoms with van der Waals surface area (Å²) >= 11 is 2.98. The summed E-state index contributed by atoms with van der Waals surface area (Å²) < 4.78 is 4.45. The highest BCUT2D eigenvalue weighted by atomic mass is 79.9. The molecule has 41 valence electrons. The largest absolute Gasteiger partial charge is 0.465 e. The zero-order valence-electron chi connectivity index (χ0n) is 3.98. The molecule has 0 bridgehead atoms. The second-order valence-corrected chi connectivity index (χ2v) is 1.60. The van der Waals surface area contributed by atoms with Crippen LogP contribution in [0.15, 0.2) is 0 Å². The molecule has 0 aliphatic heterocycles. The molecule has 0 aromatic carbocycles. The van der Waals surface area contributed by atoms with E-state index in [-0.39, 0.29) is 5.97 Å². The zero-order chi connectivity index (χ0) is 5.70. The summed E-state index contributed by atoms with van der Waals surface area (Å²) in [6.07, 6.45) is 0. The van der Waals surface area contributed by atoms with Crippen molar-refractivity contribution in [1.29, 1.82) is 0 Å². The molecule has 0 aromatic heterocycles. The Morgan fingerprint density at radius 2 is 2.57 bits per heavy atom. The maximum Gasteiger partial charge on any atom is 0.302 e. The Labute approximate surface area is 51.0 Å². The first-order valence-electron chi connectivity index (χ1n) is 1.82. The molecule has 0 aliphatic rings. The summed E-state index contributed by atoms with van der Waals surface area (Å²) in [7, 11) is 0. The number of carbonyl (C=O) groups is 1. The first-order valence-corrected chi connectivity index (χ1v) is 2.74. The molecule has 0 atom stereocenters. The zero-order valence-corrected chi connectivity index (χ0v) is 5.56. The molecular weight excluding hydrogens is 160 g/mol. The summed E-state index contributed by atoms with van der Waals surface area (Å²) in [4.78, 5) is 9.94. The van der Waals surface area contributed by atoms with Crippen LogP contribution in [0.2, 0.25) is 0 Å². The number of carbonyl (C=O) groups excluding carboxylic acids is 1. The standard InChI is InChI=1S/C4H6BrO2/c1-4(6)7-3-2-5/h2H,3H2,1H3. The second-order valence-electron chi connectivity index (χ2n) is 0.957. The summed E-state index contributed by atoms with van der Waals surface area (Å²) in [5.41, 5.74) is 0. The maximum absolute atomic E-state index is 9.94. The lowest BCUT2D eigenvalue weighted by atomic mass is 10.8. The molecule has 0 aromatic rings. The Hall–Kier alpha value is -0.0500. The summed E-state index contributed by atoms with van der Waals surface area (Å²) in [6.45, 7) is 1.71. The lowest BCUT2D eigenvalue weighted by molar-refractivity contribution is -0.139. The molecule has 0 amide bonds. The van der Waals surface area contributed by atoms with Crippen LogP contribution in [-0.4, -0.2) is 12.6 Å². The van der Waals surface area contributed by atoms with Gasteiger partial charge in [0.2, 0.25) is 0 Å². The SMILES string of the molecule is CC(=O)OC[CH]Br. The third-order valence-electron chi connectivity index (χ3n) is 0.350. The molecule has 1 radical (unpaired) electrons. The van der Waals surface area contributed by atoms with Crippen LogP contribution >= 0.6 is 15.9 Å². The summed E-state index contributed by atoms with van der Waals surface area (Å²) in [6, 6.07) is 0. The minimum Gasteiger partial charge on any atom is -0.465 e. The van der Waals surface area contributed by atoms with E-state index in [9.17, 15) is 4.79 Å². The molecule has 0 rings (SSSR count). The monoisotopic (exact) mass is 165 g/mol. The van der Waals surface area contributed by atoms with E-state index in [1.165, 1.54) is 6.92 Å². The molecule has 0 fully saturated rings. The number of halogens is 1. The average Bonchev–Trinajstić information content (AvgIpc) is 1.61. The van der Waals surface area contributed by atoms with Crippen LogP contribution in [0.4, 0.5) is 0 Å². The molecule has 0 heterocycles. The van der Waals surface area contributed by atoms with Crippen molar-refractivity contribution < 1.29 is 9.53 Å². The van der Waals surface area contributed by atoms with Gasteiger partial charge in [-0.1, -0.05) is 15.9 Å². The van der Waals surface area contributed by atoms with Gasteiger partial charge in [0.05, 0.1) is 5.33 Å². The van der Waals surface area contributed by atoms with E-state index < -0.39 is 0 Å². The normalized spacial score (nSPS) is 8.29. The summed E-state index contributed by atoms with van der Waals surface area (Å²) in [5, 5.41) is 1.59. The fraction of sp³-hybridized carbons (Fsp3) is 0.500. The van der Waals surface area contributed by atoms with E-state index in [1.807, 2.05) is 0 Å². The van der Waals surface area contributed by atoms with Crippen molar-refractivity contribution in [2.24, 2.45) is 0 Å². The number of esters is 1. The minimum atomic E-state index is -0.254. The molecule has 0 saturated carbocycles. The molecule has 0 saturated heterocycles. The van der Waals surface area contributed by atoms with Gasteiger partial charge >= 0.3 is 5.97 Å². The first kappa shape index (κ1) is 6.95. The van der Waals surface area contributed by atoms with Crippen LogP contribution < -0.4 is 0 Å². The fourth-order valence-corrected chi connectivity index (χ4v) is 0.281. The smallest absolute Gasteiger partial charge is 0.302 e. The Bertz CT molecular complexity index is 62.7. The number of hydrogen-bond donors (Lipinski definition) is 0. The molecule has 0 N–H and O–H groups in total. The van der Waals surface area contributed by atoms with E-state index >= 15 is 0 Å². The molecule has 0 unspecified atom stereocenters. The van der Waals surface area contributed by atoms with Gasteiger partial charge in [-0.2, -0.15) is 0 Å². The first-order chi connectivity index (χ1) is 3.27. The highest BCUT2D eigenvalue weighted by molar-refractivity contribution is 9.10. The van der Waals surface area contributed by atoms with Gasteiger partial charge < -0.3 is 4.74 Å². The average molecular weight is 166 g/mol. The van der Waals surface area contributed by atoms with Crippen molar-refractivity contribution in [1.82, 2.24) is 0 Å². The van der Waals surface area contributed by atoms with E-state index in [4.69, 9.17) is 0 Å². The van der Waals surface area contributed by atoms with Crippen molar-refractivity contribution in [2.75, 3.05) is 6.61 Å². The predicted octanol–water partition coefficient (Wildman–Crippen LogP) is 1.11. The van der Waals surface area contributed by atoms with Crippen LogP contribution in [0, 0.1) is 5.33 Å². The lowest BCUT2D eigenvalue weighted by Crippen LogP contribution is -1.97. The van der Waals surface area contributed by atoms with Gasteiger partial charge in [0.1, 0.15) is 6.61 Å². The van der Waals surface area contributed by atoms with Gasteiger partial charge in [-0.05, 0) is 0 Å². The van der Waals surface area contributed by atoms with Gasteiger partial charge in [0, 0.05) is 6.92 Å². The Balaban J connectivity index is 2.82. The fourth-order valence-electron chi connectivity index (χ4n) is 0.149. The number of rotatable bonds is 2. The number of hydrogen-bond acceptors (Lipinski definition) is 2. The maximum atomic E-state index is 9.94. The highest BCUT2D eigenvalue weighted by Crippen LogP contribution is 1.87. The van der Waals surface area contributed by atoms with Gasteiger partial charge in [0.25, 0.3) is 0 Å². The minimum absolute atomic E-state index is 0.254. The van der Waals surface area contributed by atoms with Gasteiger partial charge in [-0.3, -0.25) is 4.79 Å². The Kier molecular flexibility index (Phi) is 4.09. The molecule has 0 aliphatic carbocycles. The number of ether oxygens (including phenoxy) is 1. The Morgan fingerprint density at radius 3 is 2.71 bits per heavy atom. The van der Waals surface area contributed by atoms with Crippen molar-refractivity contribution >= 4 is 21.9 Å². The van der Waals surface area contributed by atoms with Gasteiger partial charge in [-0.25, -0.2) is 0 Å². The van der Waals surface area contributed by atoms with Crippen molar-refractivity contribution in [2.45, 2.75) is 6.92 Å². The molecule has 3 heteroatoms. The highest BCUT2D eigenvalue weighted by Gasteiger charge is 1.86. The van der Waals surface area contributed by atoms with E-state index in [1.54, 1.807) is 5.33 Å².